The number of ether oxygens (including phenoxy) is 1. The number of nitrogens with one attached hydrogen (secondary N) is 1. The highest BCUT2D eigenvalue weighted by Crippen LogP contribution is 2.29. The minimum absolute atomic E-state index is 0.0410. The van der Waals surface area contributed by atoms with Crippen LogP contribution in [0.25, 0.3) is 0 Å². The van der Waals surface area contributed by atoms with E-state index in [0.29, 0.717) is 6.42 Å². The van der Waals surface area contributed by atoms with Gasteiger partial charge in [-0.2, -0.15) is 0 Å². The van der Waals surface area contributed by atoms with Gasteiger partial charge in [-0.25, -0.2) is 8.42 Å². The van der Waals surface area contributed by atoms with Crippen molar-refractivity contribution in [2.75, 3.05) is 29.6 Å². The Morgan fingerprint density at radius 2 is 2.04 bits per heavy atom. The molecule has 1 aromatic rings. The molecule has 0 spiro atoms. The van der Waals surface area contributed by atoms with E-state index in [1.54, 1.807) is 4.90 Å². The summed E-state index contributed by atoms with van der Waals surface area (Å²) in [5.41, 5.74) is 1.82. The fourth-order valence-corrected chi connectivity index (χ4v) is 5.28. The summed E-state index contributed by atoms with van der Waals surface area (Å²) in [4.78, 5) is 38.2. The molecule has 2 heterocycles. The van der Waals surface area contributed by atoms with Crippen LogP contribution in [0.3, 0.4) is 0 Å². The third-order valence-corrected chi connectivity index (χ3v) is 6.83. The Balaban J connectivity index is 1.51. The molecule has 2 fully saturated rings. The van der Waals surface area contributed by atoms with Crippen LogP contribution in [0.2, 0.25) is 0 Å². The minimum Gasteiger partial charge on any atom is -0.455 e. The first-order valence-electron chi connectivity index (χ1n) is 9.33. The van der Waals surface area contributed by atoms with Crippen molar-refractivity contribution < 1.29 is 27.5 Å². The van der Waals surface area contributed by atoms with Crippen molar-refractivity contribution in [1.29, 1.82) is 0 Å². The summed E-state index contributed by atoms with van der Waals surface area (Å²) < 4.78 is 27.9. The highest BCUT2D eigenvalue weighted by atomic mass is 32.2. The van der Waals surface area contributed by atoms with Crippen molar-refractivity contribution in [2.24, 2.45) is 5.92 Å². The lowest BCUT2D eigenvalue weighted by Gasteiger charge is -2.19. The molecule has 2 aliphatic rings. The van der Waals surface area contributed by atoms with Gasteiger partial charge in [-0.3, -0.25) is 14.4 Å². The number of para-hydroxylation sites is 1. The molecule has 3 rings (SSSR count). The van der Waals surface area contributed by atoms with Crippen LogP contribution in [-0.2, 0) is 35.4 Å². The van der Waals surface area contributed by atoms with Gasteiger partial charge in [0.15, 0.2) is 16.4 Å². The molecule has 2 atom stereocenters. The largest absolute Gasteiger partial charge is 0.455 e. The van der Waals surface area contributed by atoms with Crippen molar-refractivity contribution in [1.82, 2.24) is 5.32 Å². The molecule has 0 aliphatic carbocycles. The average Bonchev–Trinajstić information content (AvgIpc) is 3.21. The molecule has 2 saturated heterocycles. The van der Waals surface area contributed by atoms with Crippen molar-refractivity contribution in [3.8, 4) is 0 Å². The van der Waals surface area contributed by atoms with E-state index in [4.69, 9.17) is 4.74 Å². The fourth-order valence-electron chi connectivity index (χ4n) is 3.60. The molecule has 2 amide bonds. The van der Waals surface area contributed by atoms with Gasteiger partial charge in [0.2, 0.25) is 5.91 Å². The van der Waals surface area contributed by atoms with Gasteiger partial charge in [-0.15, -0.1) is 0 Å². The summed E-state index contributed by atoms with van der Waals surface area (Å²) in [7, 11) is -3.10. The number of amides is 2. The van der Waals surface area contributed by atoms with Crippen molar-refractivity contribution in [3.05, 3.63) is 29.8 Å². The molecule has 1 aromatic carbocycles. The zero-order valence-corrected chi connectivity index (χ0v) is 16.5. The van der Waals surface area contributed by atoms with E-state index < -0.39 is 40.3 Å². The first-order valence-corrected chi connectivity index (χ1v) is 11.2. The number of sulfone groups is 1. The molecule has 1 N–H and O–H groups in total. The van der Waals surface area contributed by atoms with Gasteiger partial charge < -0.3 is 15.0 Å². The summed E-state index contributed by atoms with van der Waals surface area (Å²) in [5, 5.41) is 2.57. The average molecular weight is 408 g/mol. The highest BCUT2D eigenvalue weighted by Gasteiger charge is 2.37. The molecule has 0 bridgehead atoms. The van der Waals surface area contributed by atoms with E-state index >= 15 is 0 Å². The Hall–Kier alpha value is -2.42. The number of anilines is 1. The third kappa shape index (κ3) is 4.70. The van der Waals surface area contributed by atoms with Gasteiger partial charge in [0.25, 0.3) is 5.91 Å². The number of hydrogen-bond acceptors (Lipinski definition) is 6. The van der Waals surface area contributed by atoms with E-state index in [-0.39, 0.29) is 30.4 Å². The third-order valence-electron chi connectivity index (χ3n) is 5.06. The lowest BCUT2D eigenvalue weighted by atomic mass is 10.1. The maximum absolute atomic E-state index is 12.4. The number of carbonyl (C=O) groups is 3. The minimum atomic E-state index is -3.10. The molecule has 0 radical (unpaired) electrons. The molecule has 0 unspecified atom stereocenters. The van der Waals surface area contributed by atoms with Crippen LogP contribution in [-0.4, -0.2) is 56.9 Å². The predicted molar refractivity (Wildman–Crippen MR) is 102 cm³/mol. The topological polar surface area (TPSA) is 110 Å². The summed E-state index contributed by atoms with van der Waals surface area (Å²) in [5.74, 6) is -1.94. The fraction of sp³-hybridized carbons (Fsp3) is 0.526. The molecule has 9 heteroatoms. The quantitative estimate of drug-likeness (QED) is 0.685. The van der Waals surface area contributed by atoms with E-state index in [0.717, 1.165) is 17.7 Å². The number of benzene rings is 1. The second kappa shape index (κ2) is 8.30. The zero-order chi connectivity index (χ0) is 20.3. The molecule has 152 valence electrons. The van der Waals surface area contributed by atoms with Crippen molar-refractivity contribution >= 4 is 33.3 Å². The normalized spacial score (nSPS) is 23.6. The Morgan fingerprint density at radius 1 is 1.29 bits per heavy atom. The summed E-state index contributed by atoms with van der Waals surface area (Å²) in [6.07, 6.45) is 1.18. The maximum atomic E-state index is 12.4. The number of nitrogens with zero attached hydrogens (tertiary/aromatic N) is 1. The van der Waals surface area contributed by atoms with E-state index in [1.165, 1.54) is 0 Å². The number of rotatable bonds is 6. The summed E-state index contributed by atoms with van der Waals surface area (Å²) in [6, 6.07) is 7.12. The highest BCUT2D eigenvalue weighted by molar-refractivity contribution is 7.91. The predicted octanol–water partition coefficient (Wildman–Crippen LogP) is 0.448. The number of carbonyl (C=O) groups excluding carboxylic acids is 3. The second-order valence-corrected chi connectivity index (χ2v) is 9.39. The molecule has 28 heavy (non-hydrogen) atoms. The van der Waals surface area contributed by atoms with Gasteiger partial charge >= 0.3 is 5.97 Å². The van der Waals surface area contributed by atoms with Crippen LogP contribution in [0.1, 0.15) is 25.3 Å². The Morgan fingerprint density at radius 3 is 2.71 bits per heavy atom. The van der Waals surface area contributed by atoms with Gasteiger partial charge in [-0.1, -0.05) is 25.1 Å². The van der Waals surface area contributed by atoms with Crippen LogP contribution in [0, 0.1) is 5.92 Å². The van der Waals surface area contributed by atoms with Crippen LogP contribution < -0.4 is 10.2 Å². The van der Waals surface area contributed by atoms with Crippen LogP contribution >= 0.6 is 0 Å². The number of hydrogen-bond donors (Lipinski definition) is 1. The van der Waals surface area contributed by atoms with Gasteiger partial charge in [0.05, 0.1) is 17.4 Å². The van der Waals surface area contributed by atoms with Crippen LogP contribution in [0.5, 0.6) is 0 Å². The summed E-state index contributed by atoms with van der Waals surface area (Å²) in [6.45, 7) is 1.74. The first-order chi connectivity index (χ1) is 13.3. The Labute approximate surface area is 164 Å². The van der Waals surface area contributed by atoms with Gasteiger partial charge in [0.1, 0.15) is 0 Å². The second-order valence-electron chi connectivity index (χ2n) is 7.16. The SMILES string of the molecule is CCc1ccccc1N1C[C@@H](C(=O)OCC(=O)N[C@@H]2CCS(=O)(=O)C2)CC1=O. The van der Waals surface area contributed by atoms with Crippen LogP contribution in [0.15, 0.2) is 24.3 Å². The van der Waals surface area contributed by atoms with E-state index in [9.17, 15) is 22.8 Å². The van der Waals surface area contributed by atoms with Gasteiger partial charge in [-0.05, 0) is 24.5 Å². The molecular weight excluding hydrogens is 384 g/mol. The van der Waals surface area contributed by atoms with Crippen LogP contribution in [0.4, 0.5) is 5.69 Å². The van der Waals surface area contributed by atoms with E-state index in [1.807, 2.05) is 31.2 Å². The van der Waals surface area contributed by atoms with Crippen molar-refractivity contribution in [2.45, 2.75) is 32.2 Å². The molecule has 8 nitrogen and oxygen atoms in total. The van der Waals surface area contributed by atoms with Crippen molar-refractivity contribution in [3.63, 3.8) is 0 Å². The summed E-state index contributed by atoms with van der Waals surface area (Å²) >= 11 is 0. The number of aryl methyl sites for hydroxylation is 1. The Bertz CT molecular complexity index is 882. The standard InChI is InChI=1S/C19H24N2O6S/c1-2-13-5-3-4-6-16(13)21-10-14(9-18(21)23)19(24)27-11-17(22)20-15-7-8-28(25,26)12-15/h3-6,14-15H,2,7-12H2,1H3,(H,20,22)/t14-,15+/m0/s1. The molecule has 0 saturated carbocycles. The first kappa shape index (κ1) is 20.3. The lowest BCUT2D eigenvalue weighted by Crippen LogP contribution is -2.38. The van der Waals surface area contributed by atoms with E-state index in [2.05, 4.69) is 5.32 Å². The smallest absolute Gasteiger partial charge is 0.311 e. The molecule has 2 aliphatic heterocycles. The monoisotopic (exact) mass is 408 g/mol. The zero-order valence-electron chi connectivity index (χ0n) is 15.7. The van der Waals surface area contributed by atoms with Gasteiger partial charge in [0, 0.05) is 24.7 Å². The molecule has 0 aromatic heterocycles. The molecular formula is C19H24N2O6S. The number of esters is 1. The Kier molecular flexibility index (Phi) is 6.02. The lowest BCUT2D eigenvalue weighted by molar-refractivity contribution is -0.152. The maximum Gasteiger partial charge on any atom is 0.311 e.